The number of methoxy groups -OCH3 is 1. The fraction of sp³-hybridized carbons (Fsp3) is 0.0435. The molecule has 0 bridgehead atoms. The molecule has 0 atom stereocenters. The highest BCUT2D eigenvalue weighted by Gasteiger charge is 2.12. The summed E-state index contributed by atoms with van der Waals surface area (Å²) >= 11 is 6.20. The molecule has 4 rings (SSSR count). The number of anilines is 1. The first-order chi connectivity index (χ1) is 14.0. The van der Waals surface area contributed by atoms with Crippen LogP contribution in [0.15, 0.2) is 82.0 Å². The van der Waals surface area contributed by atoms with Gasteiger partial charge in [-0.3, -0.25) is 9.59 Å². The molecule has 0 aliphatic heterocycles. The number of ether oxygens (including phenoxy) is 1. The SMILES string of the molecule is COc1ccc(C(=O)Nc2ccc3oc(-c4ccccc4Cl)cc(=O)c3c2)cc1. The van der Waals surface area contributed by atoms with E-state index in [2.05, 4.69) is 5.32 Å². The molecule has 29 heavy (non-hydrogen) atoms. The normalized spacial score (nSPS) is 10.7. The van der Waals surface area contributed by atoms with Gasteiger partial charge in [0, 0.05) is 22.9 Å². The molecule has 1 aromatic heterocycles. The topological polar surface area (TPSA) is 68.5 Å². The summed E-state index contributed by atoms with van der Waals surface area (Å²) in [5.41, 5.74) is 1.81. The Balaban J connectivity index is 1.65. The molecule has 1 heterocycles. The zero-order valence-corrected chi connectivity index (χ0v) is 16.2. The van der Waals surface area contributed by atoms with Crippen molar-refractivity contribution < 1.29 is 13.9 Å². The lowest BCUT2D eigenvalue weighted by atomic mass is 10.1. The second kappa shape index (κ2) is 7.81. The number of halogens is 1. The van der Waals surface area contributed by atoms with Crippen LogP contribution in [0.1, 0.15) is 10.4 Å². The molecule has 0 radical (unpaired) electrons. The lowest BCUT2D eigenvalue weighted by molar-refractivity contribution is 0.102. The Morgan fingerprint density at radius 1 is 1.00 bits per heavy atom. The molecule has 144 valence electrons. The number of fused-ring (bicyclic) bond motifs is 1. The van der Waals surface area contributed by atoms with Gasteiger partial charge in [-0.2, -0.15) is 0 Å². The van der Waals surface area contributed by atoms with E-state index in [4.69, 9.17) is 20.8 Å². The Kier molecular flexibility index (Phi) is 5.06. The third-order valence-corrected chi connectivity index (χ3v) is 4.81. The lowest BCUT2D eigenvalue weighted by Crippen LogP contribution is -2.12. The monoisotopic (exact) mass is 405 g/mol. The third kappa shape index (κ3) is 3.86. The van der Waals surface area contributed by atoms with Gasteiger partial charge in [0.05, 0.1) is 17.5 Å². The lowest BCUT2D eigenvalue weighted by Gasteiger charge is -2.08. The second-order valence-electron chi connectivity index (χ2n) is 6.35. The van der Waals surface area contributed by atoms with Gasteiger partial charge in [-0.15, -0.1) is 0 Å². The van der Waals surface area contributed by atoms with E-state index in [0.717, 1.165) is 0 Å². The molecule has 5 nitrogen and oxygen atoms in total. The van der Waals surface area contributed by atoms with Crippen LogP contribution in [0.25, 0.3) is 22.3 Å². The molecule has 0 unspecified atom stereocenters. The van der Waals surface area contributed by atoms with Crippen LogP contribution in [0.4, 0.5) is 5.69 Å². The summed E-state index contributed by atoms with van der Waals surface area (Å²) in [5.74, 6) is 0.770. The van der Waals surface area contributed by atoms with Gasteiger partial charge in [-0.1, -0.05) is 23.7 Å². The Bertz CT molecular complexity index is 1260. The number of benzene rings is 3. The first-order valence-corrected chi connectivity index (χ1v) is 9.21. The minimum atomic E-state index is -0.288. The first kappa shape index (κ1) is 18.8. The second-order valence-corrected chi connectivity index (χ2v) is 6.76. The van der Waals surface area contributed by atoms with Crippen molar-refractivity contribution in [2.75, 3.05) is 12.4 Å². The maximum atomic E-state index is 12.6. The average molecular weight is 406 g/mol. The van der Waals surface area contributed by atoms with E-state index in [1.807, 2.05) is 12.1 Å². The number of carbonyl (C=O) groups is 1. The number of hydrogen-bond acceptors (Lipinski definition) is 4. The van der Waals surface area contributed by atoms with Gasteiger partial charge in [-0.05, 0) is 54.6 Å². The zero-order chi connectivity index (χ0) is 20.4. The highest BCUT2D eigenvalue weighted by molar-refractivity contribution is 6.33. The van der Waals surface area contributed by atoms with Crippen molar-refractivity contribution in [3.05, 3.63) is 93.6 Å². The first-order valence-electron chi connectivity index (χ1n) is 8.83. The average Bonchev–Trinajstić information content (AvgIpc) is 2.74. The summed E-state index contributed by atoms with van der Waals surface area (Å²) < 4.78 is 11.0. The van der Waals surface area contributed by atoms with E-state index in [9.17, 15) is 9.59 Å². The van der Waals surface area contributed by atoms with Gasteiger partial charge in [0.2, 0.25) is 0 Å². The molecule has 1 amide bonds. The minimum Gasteiger partial charge on any atom is -0.497 e. The number of carbonyl (C=O) groups excluding carboxylic acids is 1. The molecular weight excluding hydrogens is 390 g/mol. The summed E-state index contributed by atoms with van der Waals surface area (Å²) in [6.07, 6.45) is 0. The Labute approximate surface area is 171 Å². The van der Waals surface area contributed by atoms with Crippen molar-refractivity contribution in [3.63, 3.8) is 0 Å². The smallest absolute Gasteiger partial charge is 0.255 e. The summed E-state index contributed by atoms with van der Waals surface area (Å²) in [4.78, 5) is 25.1. The molecular formula is C23H16ClNO4. The summed E-state index contributed by atoms with van der Waals surface area (Å²) in [6, 6.07) is 20.2. The molecule has 0 saturated heterocycles. The molecule has 0 aliphatic rings. The van der Waals surface area contributed by atoms with Crippen LogP contribution < -0.4 is 15.5 Å². The molecule has 4 aromatic rings. The zero-order valence-electron chi connectivity index (χ0n) is 15.4. The Morgan fingerprint density at radius 3 is 2.48 bits per heavy atom. The molecule has 6 heteroatoms. The van der Waals surface area contributed by atoms with E-state index in [-0.39, 0.29) is 11.3 Å². The van der Waals surface area contributed by atoms with E-state index in [1.54, 1.807) is 61.7 Å². The van der Waals surface area contributed by atoms with Crippen molar-refractivity contribution >= 4 is 34.2 Å². The van der Waals surface area contributed by atoms with E-state index in [0.29, 0.717) is 44.3 Å². The Hall–Kier alpha value is -3.57. The maximum Gasteiger partial charge on any atom is 0.255 e. The van der Waals surface area contributed by atoms with Crippen LogP contribution in [0.5, 0.6) is 5.75 Å². The third-order valence-electron chi connectivity index (χ3n) is 4.48. The fourth-order valence-corrected chi connectivity index (χ4v) is 3.20. The predicted molar refractivity (Wildman–Crippen MR) is 114 cm³/mol. The summed E-state index contributed by atoms with van der Waals surface area (Å²) in [6.45, 7) is 0. The highest BCUT2D eigenvalue weighted by Crippen LogP contribution is 2.29. The van der Waals surface area contributed by atoms with Crippen LogP contribution in [0.3, 0.4) is 0 Å². The minimum absolute atomic E-state index is 0.221. The summed E-state index contributed by atoms with van der Waals surface area (Å²) in [5, 5.41) is 3.66. The number of nitrogens with one attached hydrogen (secondary N) is 1. The van der Waals surface area contributed by atoms with Gasteiger partial charge in [0.25, 0.3) is 5.91 Å². The van der Waals surface area contributed by atoms with E-state index in [1.165, 1.54) is 6.07 Å². The van der Waals surface area contributed by atoms with Crippen molar-refractivity contribution in [1.82, 2.24) is 0 Å². The summed E-state index contributed by atoms with van der Waals surface area (Å²) in [7, 11) is 1.56. The fourth-order valence-electron chi connectivity index (χ4n) is 2.97. The van der Waals surface area contributed by atoms with Gasteiger partial charge < -0.3 is 14.5 Å². The molecule has 3 aromatic carbocycles. The van der Waals surface area contributed by atoms with Crippen molar-refractivity contribution in [2.45, 2.75) is 0 Å². The van der Waals surface area contributed by atoms with Crippen molar-refractivity contribution in [1.29, 1.82) is 0 Å². The van der Waals surface area contributed by atoms with Gasteiger partial charge in [-0.25, -0.2) is 0 Å². The van der Waals surface area contributed by atoms with Crippen LogP contribution in [-0.4, -0.2) is 13.0 Å². The number of rotatable bonds is 4. The van der Waals surface area contributed by atoms with Gasteiger partial charge in [0.1, 0.15) is 17.1 Å². The molecule has 1 N–H and O–H groups in total. The highest BCUT2D eigenvalue weighted by atomic mass is 35.5. The van der Waals surface area contributed by atoms with E-state index < -0.39 is 0 Å². The molecule has 0 aliphatic carbocycles. The van der Waals surface area contributed by atoms with Crippen LogP contribution in [0.2, 0.25) is 5.02 Å². The standard InChI is InChI=1S/C23H16ClNO4/c1-28-16-9-6-14(7-10-16)23(27)25-15-8-11-21-18(12-15)20(26)13-22(29-21)17-4-2-3-5-19(17)24/h2-13H,1H3,(H,25,27). The van der Waals surface area contributed by atoms with Crippen LogP contribution >= 0.6 is 11.6 Å². The quantitative estimate of drug-likeness (QED) is 0.495. The Morgan fingerprint density at radius 2 is 1.76 bits per heavy atom. The number of hydrogen-bond donors (Lipinski definition) is 1. The predicted octanol–water partition coefficient (Wildman–Crippen LogP) is 5.37. The number of amides is 1. The van der Waals surface area contributed by atoms with E-state index >= 15 is 0 Å². The molecule has 0 fully saturated rings. The van der Waals surface area contributed by atoms with Gasteiger partial charge in [0.15, 0.2) is 5.43 Å². The van der Waals surface area contributed by atoms with Crippen LogP contribution in [0, 0.1) is 0 Å². The molecule has 0 spiro atoms. The van der Waals surface area contributed by atoms with Crippen molar-refractivity contribution in [3.8, 4) is 17.1 Å². The molecule has 0 saturated carbocycles. The largest absolute Gasteiger partial charge is 0.497 e. The van der Waals surface area contributed by atoms with Crippen LogP contribution in [-0.2, 0) is 0 Å². The van der Waals surface area contributed by atoms with Crippen molar-refractivity contribution in [2.24, 2.45) is 0 Å². The maximum absolute atomic E-state index is 12.6. The van der Waals surface area contributed by atoms with Gasteiger partial charge >= 0.3 is 0 Å².